The molecule has 0 atom stereocenters. The monoisotopic (exact) mass is 1840 g/mol. The zero-order valence-corrected chi connectivity index (χ0v) is 77.0. The van der Waals surface area contributed by atoms with Gasteiger partial charge in [0.15, 0.2) is 11.5 Å². The number of aromatic nitrogens is 14. The van der Waals surface area contributed by atoms with Crippen molar-refractivity contribution in [2.24, 2.45) is 0 Å². The maximum atomic E-state index is 13.4. The van der Waals surface area contributed by atoms with E-state index in [0.717, 1.165) is 132 Å². The van der Waals surface area contributed by atoms with Crippen molar-refractivity contribution in [1.82, 2.24) is 89.4 Å². The minimum atomic E-state index is -0.0352. The van der Waals surface area contributed by atoms with Gasteiger partial charge in [-0.15, -0.1) is 22.7 Å². The highest BCUT2D eigenvalue weighted by atomic mass is 32.1. The Morgan fingerprint density at radius 3 is 0.964 bits per heavy atom. The summed E-state index contributed by atoms with van der Waals surface area (Å²) in [5.41, 5.74) is 20.0. The van der Waals surface area contributed by atoms with Crippen LogP contribution in [0.4, 0.5) is 23.5 Å². The third kappa shape index (κ3) is 19.9. The van der Waals surface area contributed by atoms with Gasteiger partial charge in [0.2, 0.25) is 11.9 Å². The topological polar surface area (TPSA) is 301 Å². The Kier molecular flexibility index (Phi) is 26.1. The fourth-order valence-electron chi connectivity index (χ4n) is 17.3. The SMILES string of the molecule is Cc1cccc(-c2nc3ccc(C(=O)N4CCN(c5ncccn5)CC4)cc3nc2-c2cccc(C)c2)c1.Cc1nc2ccc(C(=O)N3CCN(c4ccccn4)CC3)cc2nc1-c1ccccc1.O=C(c1ccc2nc(-c3ccco3)c(-c3ccco3)nc2c1)N1CCN(c2ncccn2)CC1.O=C(c1ccc2nc(-c3cccs3)c(-c3cccs3)nc2c1)N1CCN(c2ccccn2)CC1. The normalized spacial score (nSPS) is 13.9. The van der Waals surface area contributed by atoms with Crippen LogP contribution in [0.1, 0.15) is 58.3 Å². The molecular formula is C107H92N22O6S2. The van der Waals surface area contributed by atoms with Gasteiger partial charge in [0, 0.05) is 181 Å². The number of aryl methyl sites for hydroxylation is 3. The van der Waals surface area contributed by atoms with Gasteiger partial charge in [-0.2, -0.15) is 0 Å². The first kappa shape index (κ1) is 88.3. The number of piperazine rings is 4. The van der Waals surface area contributed by atoms with Crippen LogP contribution in [0.15, 0.2) is 318 Å². The van der Waals surface area contributed by atoms with E-state index in [9.17, 15) is 19.2 Å². The summed E-state index contributed by atoms with van der Waals surface area (Å²) in [5.74, 6) is 4.52. The maximum Gasteiger partial charge on any atom is 0.254 e. The summed E-state index contributed by atoms with van der Waals surface area (Å²) < 4.78 is 11.2. The molecule has 0 saturated carbocycles. The van der Waals surface area contributed by atoms with E-state index in [4.69, 9.17) is 48.7 Å². The number of benzene rings is 7. The molecule has 0 N–H and O–H groups in total. The Morgan fingerprint density at radius 1 is 0.263 bits per heavy atom. The molecule has 19 aromatic rings. The average Bonchev–Trinajstić information content (AvgIpc) is 1.71. The molecule has 7 aromatic carbocycles. The Morgan fingerprint density at radius 2 is 0.599 bits per heavy atom. The highest BCUT2D eigenvalue weighted by molar-refractivity contribution is 7.14. The quantitative estimate of drug-likeness (QED) is 0.0920. The standard InChI is InChI=1S/C31H28N6O.C26H21N5OS2.C25H20N6O3.C25H23N5O/c1-21-6-3-8-23(18-21)28-29(24-9-4-7-22(2)19-24)35-27-20-25(10-11-26(27)34-28)30(38)36-14-16-37(17-15-36)31-32-12-5-13-33-31;32-26(31-13-11-30(12-14-31)23-7-1-2-10-27-23)18-8-9-19-20(17-18)29-25(22-6-4-16-34-22)24(28-19)21-5-3-15-33-21;32-24(30-10-12-31(13-11-30)25-26-8-3-9-27-25)17-6-7-18-19(16-17)29-23(21-5-2-15-34-21)22(28-18)20-4-1-14-33-20;1-18-24(19-7-3-2-4-8-19)28-22-17-20(10-11-21(22)27-18)25(31)30-15-13-29(14-16-30)23-9-5-6-12-26-23/h3-13,18-20H,14-17H2,1-2H3;1-10,15-17H,11-14H2;1-9,14-16H,10-13H2;2-12,17H,13-16H2,1H3. The lowest BCUT2D eigenvalue weighted by Crippen LogP contribution is -2.49. The van der Waals surface area contributed by atoms with E-state index in [1.54, 1.807) is 109 Å². The molecule has 12 aromatic heterocycles. The first-order chi connectivity index (χ1) is 67.3. The Hall–Kier alpha value is -16.6. The van der Waals surface area contributed by atoms with Crippen LogP contribution in [0.2, 0.25) is 0 Å². The lowest BCUT2D eigenvalue weighted by molar-refractivity contribution is 0.0739. The van der Waals surface area contributed by atoms with Gasteiger partial charge in [0.05, 0.1) is 89.2 Å². The number of pyridine rings is 2. The van der Waals surface area contributed by atoms with Gasteiger partial charge in [0.25, 0.3) is 23.6 Å². The van der Waals surface area contributed by atoms with E-state index in [2.05, 4.69) is 117 Å². The van der Waals surface area contributed by atoms with E-state index in [1.165, 1.54) is 5.56 Å². The summed E-state index contributed by atoms with van der Waals surface area (Å²) in [4.78, 5) is 137. The average molecular weight is 1850 g/mol. The van der Waals surface area contributed by atoms with E-state index in [-0.39, 0.29) is 23.6 Å². The zero-order valence-electron chi connectivity index (χ0n) is 75.4. The number of thiophene rings is 2. The van der Waals surface area contributed by atoms with Crippen molar-refractivity contribution in [2.75, 3.05) is 124 Å². The molecule has 4 saturated heterocycles. The minimum absolute atomic E-state index is 0.00203. The van der Waals surface area contributed by atoms with Crippen LogP contribution < -0.4 is 19.6 Å². The van der Waals surface area contributed by atoms with Crippen molar-refractivity contribution in [3.8, 4) is 77.8 Å². The molecule has 30 heteroatoms. The summed E-state index contributed by atoms with van der Waals surface area (Å²) >= 11 is 3.30. The number of hydrogen-bond acceptors (Lipinski definition) is 26. The van der Waals surface area contributed by atoms with Crippen molar-refractivity contribution in [3.05, 3.63) is 348 Å². The van der Waals surface area contributed by atoms with Gasteiger partial charge >= 0.3 is 0 Å². The summed E-state index contributed by atoms with van der Waals surface area (Å²) in [6.07, 6.45) is 13.7. The molecule has 16 heterocycles. The number of carbonyl (C=O) groups excluding carboxylic acids is 4. The van der Waals surface area contributed by atoms with Crippen LogP contribution >= 0.6 is 22.7 Å². The van der Waals surface area contributed by atoms with Crippen molar-refractivity contribution in [3.63, 3.8) is 0 Å². The van der Waals surface area contributed by atoms with Gasteiger partial charge in [-0.25, -0.2) is 69.8 Å². The third-order valence-corrected chi connectivity index (χ3v) is 26.1. The zero-order chi connectivity index (χ0) is 93.1. The molecule has 4 amide bonds. The number of carbonyl (C=O) groups is 4. The van der Waals surface area contributed by atoms with Gasteiger partial charge in [0.1, 0.15) is 34.4 Å². The largest absolute Gasteiger partial charge is 0.463 e. The second-order valence-corrected chi connectivity index (χ2v) is 35.2. The molecule has 0 bridgehead atoms. The maximum absolute atomic E-state index is 13.4. The molecule has 678 valence electrons. The summed E-state index contributed by atoms with van der Waals surface area (Å²) in [6, 6.07) is 79.8. The lowest BCUT2D eigenvalue weighted by atomic mass is 10.0. The van der Waals surface area contributed by atoms with Gasteiger partial charge < -0.3 is 48.0 Å². The molecule has 4 aliphatic rings. The van der Waals surface area contributed by atoms with Crippen LogP contribution in [0, 0.1) is 20.8 Å². The number of nitrogens with zero attached hydrogens (tertiary/aromatic N) is 22. The fraction of sp³-hybridized carbons (Fsp3) is 0.178. The fourth-order valence-corrected chi connectivity index (χ4v) is 18.7. The molecule has 23 rings (SSSR count). The molecule has 4 aliphatic heterocycles. The molecule has 0 spiro atoms. The van der Waals surface area contributed by atoms with Crippen molar-refractivity contribution in [2.45, 2.75) is 20.8 Å². The first-order valence-corrected chi connectivity index (χ1v) is 47.1. The number of rotatable bonds is 15. The van der Waals surface area contributed by atoms with Gasteiger partial charge in [-0.3, -0.25) is 19.2 Å². The van der Waals surface area contributed by atoms with Crippen LogP contribution in [-0.2, 0) is 0 Å². The van der Waals surface area contributed by atoms with E-state index in [0.29, 0.717) is 152 Å². The van der Waals surface area contributed by atoms with Gasteiger partial charge in [-0.05, 0) is 189 Å². The molecule has 4 fully saturated rings. The molecular weight excluding hydrogens is 1750 g/mol. The Bertz CT molecular complexity index is 7260. The Balaban J connectivity index is 0.000000113. The number of furan rings is 2. The van der Waals surface area contributed by atoms with E-state index in [1.807, 2.05) is 196 Å². The van der Waals surface area contributed by atoms with E-state index >= 15 is 0 Å². The summed E-state index contributed by atoms with van der Waals surface area (Å²) in [7, 11) is 0. The molecule has 0 aliphatic carbocycles. The van der Waals surface area contributed by atoms with Gasteiger partial charge in [-0.1, -0.05) is 102 Å². The second-order valence-electron chi connectivity index (χ2n) is 33.3. The smallest absolute Gasteiger partial charge is 0.254 e. The number of anilines is 4. The van der Waals surface area contributed by atoms with Crippen LogP contribution in [0.5, 0.6) is 0 Å². The van der Waals surface area contributed by atoms with Crippen molar-refractivity contribution in [1.29, 1.82) is 0 Å². The molecule has 28 nitrogen and oxygen atoms in total. The van der Waals surface area contributed by atoms with Crippen LogP contribution in [0.3, 0.4) is 0 Å². The number of fused-ring (bicyclic) bond motifs is 4. The predicted molar refractivity (Wildman–Crippen MR) is 536 cm³/mol. The highest BCUT2D eigenvalue weighted by Crippen LogP contribution is 2.39. The van der Waals surface area contributed by atoms with Crippen LogP contribution in [0.25, 0.3) is 122 Å². The number of hydrogen-bond donors (Lipinski definition) is 0. The lowest BCUT2D eigenvalue weighted by Gasteiger charge is -2.35. The minimum Gasteiger partial charge on any atom is -0.463 e. The first-order valence-electron chi connectivity index (χ1n) is 45.4. The summed E-state index contributed by atoms with van der Waals surface area (Å²) in [5, 5.41) is 4.10. The molecule has 0 unspecified atom stereocenters. The molecule has 0 radical (unpaired) electrons. The third-order valence-electron chi connectivity index (χ3n) is 24.4. The second kappa shape index (κ2) is 40.5. The number of amides is 4. The van der Waals surface area contributed by atoms with E-state index < -0.39 is 0 Å². The summed E-state index contributed by atoms with van der Waals surface area (Å²) in [6.45, 7) is 17.0. The van der Waals surface area contributed by atoms with Crippen molar-refractivity contribution >= 4 is 114 Å². The van der Waals surface area contributed by atoms with Crippen LogP contribution in [-0.4, -0.2) is 218 Å². The highest BCUT2D eigenvalue weighted by Gasteiger charge is 2.31. The van der Waals surface area contributed by atoms with Crippen molar-refractivity contribution < 1.29 is 28.0 Å². The Labute approximate surface area is 797 Å². The molecule has 137 heavy (non-hydrogen) atoms. The predicted octanol–water partition coefficient (Wildman–Crippen LogP) is 18.6.